The Bertz CT molecular complexity index is 417. The molecule has 3 nitrogen and oxygen atoms in total. The number of rotatable bonds is 2. The van der Waals surface area contributed by atoms with E-state index < -0.39 is 23.2 Å². The number of aliphatic carboxylic acids is 1. The smallest absolute Gasteiger partial charge is 0.324 e. The van der Waals surface area contributed by atoms with Gasteiger partial charge in [-0.15, -0.1) is 0 Å². The molecule has 1 aliphatic rings. The molecule has 15 heavy (non-hydrogen) atoms. The van der Waals surface area contributed by atoms with Crippen molar-refractivity contribution >= 4 is 17.6 Å². The topological polar surface area (TPSA) is 63.3 Å². The summed E-state index contributed by atoms with van der Waals surface area (Å²) >= 11 is 5.81. The zero-order chi connectivity index (χ0) is 11.2. The van der Waals surface area contributed by atoms with Crippen LogP contribution in [-0.2, 0) is 4.79 Å². The summed E-state index contributed by atoms with van der Waals surface area (Å²) in [5.41, 5.74) is 4.44. The van der Waals surface area contributed by atoms with Crippen LogP contribution in [0, 0.1) is 5.82 Å². The van der Waals surface area contributed by atoms with E-state index in [1.165, 1.54) is 18.2 Å². The summed E-state index contributed by atoms with van der Waals surface area (Å²) in [5.74, 6) is -2.14. The molecule has 0 aliphatic heterocycles. The second-order valence-corrected chi connectivity index (χ2v) is 4.14. The monoisotopic (exact) mass is 229 g/mol. The third-order valence-corrected chi connectivity index (χ3v) is 3.08. The fourth-order valence-electron chi connectivity index (χ4n) is 1.72. The highest BCUT2D eigenvalue weighted by molar-refractivity contribution is 6.31. The van der Waals surface area contributed by atoms with E-state index in [0.717, 1.165) is 0 Å². The van der Waals surface area contributed by atoms with Gasteiger partial charge in [0.25, 0.3) is 0 Å². The van der Waals surface area contributed by atoms with Crippen molar-refractivity contribution in [3.63, 3.8) is 0 Å². The van der Waals surface area contributed by atoms with Crippen molar-refractivity contribution in [1.82, 2.24) is 0 Å². The van der Waals surface area contributed by atoms with E-state index in [0.29, 0.717) is 0 Å². The van der Waals surface area contributed by atoms with Crippen molar-refractivity contribution in [2.24, 2.45) is 5.73 Å². The summed E-state index contributed by atoms with van der Waals surface area (Å²) in [4.78, 5) is 10.8. The molecule has 3 N–H and O–H groups in total. The first-order valence-electron chi connectivity index (χ1n) is 4.43. The number of hydrogen-bond donors (Lipinski definition) is 2. The minimum Gasteiger partial charge on any atom is -0.480 e. The molecule has 1 saturated carbocycles. The second kappa shape index (κ2) is 3.18. The highest BCUT2D eigenvalue weighted by Gasteiger charge is 2.59. The van der Waals surface area contributed by atoms with Crippen molar-refractivity contribution in [3.05, 3.63) is 34.6 Å². The molecule has 1 aliphatic carbocycles. The first-order chi connectivity index (χ1) is 6.97. The molecule has 0 saturated heterocycles. The molecule has 5 heteroatoms. The Morgan fingerprint density at radius 3 is 2.80 bits per heavy atom. The zero-order valence-corrected chi connectivity index (χ0v) is 8.46. The predicted octanol–water partition coefficient (Wildman–Crippen LogP) is 1.75. The Balaban J connectivity index is 2.39. The number of nitrogens with two attached hydrogens (primary N) is 1. The van der Waals surface area contributed by atoms with Crippen LogP contribution in [-0.4, -0.2) is 16.6 Å². The van der Waals surface area contributed by atoms with E-state index in [9.17, 15) is 9.18 Å². The quantitative estimate of drug-likeness (QED) is 0.812. The van der Waals surface area contributed by atoms with Gasteiger partial charge in [0.2, 0.25) is 0 Å². The average Bonchev–Trinajstić information content (AvgIpc) is 2.79. The highest BCUT2D eigenvalue weighted by Crippen LogP contribution is 2.52. The maximum Gasteiger partial charge on any atom is 0.324 e. The van der Waals surface area contributed by atoms with E-state index >= 15 is 0 Å². The molecule has 0 radical (unpaired) electrons. The van der Waals surface area contributed by atoms with Crippen LogP contribution in [0.15, 0.2) is 18.2 Å². The van der Waals surface area contributed by atoms with Gasteiger partial charge in [-0.05, 0) is 18.6 Å². The molecule has 0 heterocycles. The Morgan fingerprint density at radius 2 is 2.33 bits per heavy atom. The molecule has 0 spiro atoms. The average molecular weight is 230 g/mol. The largest absolute Gasteiger partial charge is 0.480 e. The summed E-state index contributed by atoms with van der Waals surface area (Å²) < 4.78 is 13.4. The van der Waals surface area contributed by atoms with Crippen molar-refractivity contribution < 1.29 is 14.3 Å². The molecule has 2 atom stereocenters. The number of carboxylic acids is 1. The normalized spacial score (nSPS) is 28.9. The lowest BCUT2D eigenvalue weighted by atomic mass is 10.1. The fourth-order valence-corrected chi connectivity index (χ4v) is 2.01. The van der Waals surface area contributed by atoms with Gasteiger partial charge in [-0.25, -0.2) is 4.39 Å². The zero-order valence-electron chi connectivity index (χ0n) is 7.71. The number of carboxylic acid groups (broad SMARTS) is 1. The molecule has 1 fully saturated rings. The van der Waals surface area contributed by atoms with Crippen molar-refractivity contribution in [2.45, 2.75) is 17.9 Å². The summed E-state index contributed by atoms with van der Waals surface area (Å²) in [7, 11) is 0. The molecule has 0 amide bonds. The Kier molecular flexibility index (Phi) is 2.20. The van der Waals surface area contributed by atoms with E-state index in [1.54, 1.807) is 0 Å². The van der Waals surface area contributed by atoms with Crippen LogP contribution >= 0.6 is 11.6 Å². The van der Waals surface area contributed by atoms with Gasteiger partial charge in [0.1, 0.15) is 11.4 Å². The van der Waals surface area contributed by atoms with E-state index in [1.807, 2.05) is 0 Å². The first kappa shape index (κ1) is 10.4. The van der Waals surface area contributed by atoms with E-state index in [2.05, 4.69) is 0 Å². The van der Waals surface area contributed by atoms with Crippen LogP contribution < -0.4 is 5.73 Å². The third-order valence-electron chi connectivity index (χ3n) is 2.75. The number of benzene rings is 1. The fraction of sp³-hybridized carbons (Fsp3) is 0.300. The van der Waals surface area contributed by atoms with Crippen molar-refractivity contribution in [1.29, 1.82) is 0 Å². The summed E-state index contributed by atoms with van der Waals surface area (Å²) in [5, 5.41) is 9.07. The van der Waals surface area contributed by atoms with Crippen molar-refractivity contribution in [3.8, 4) is 0 Å². The summed E-state index contributed by atoms with van der Waals surface area (Å²) in [6, 6.07) is 4.25. The standard InChI is InChI=1S/C10H9ClFNO2/c11-6-2-1-3-7(12)8(6)5-4-10(5,13)9(14)15/h1-3,5H,4,13H2,(H,14,15)/t5-,10-/m0/s1. The van der Waals surface area contributed by atoms with E-state index in [4.69, 9.17) is 22.4 Å². The molecular weight excluding hydrogens is 221 g/mol. The van der Waals surface area contributed by atoms with Crippen LogP contribution in [0.1, 0.15) is 17.9 Å². The van der Waals surface area contributed by atoms with Crippen molar-refractivity contribution in [2.75, 3.05) is 0 Å². The van der Waals surface area contributed by atoms with Crippen LogP contribution in [0.2, 0.25) is 5.02 Å². The molecule has 1 aromatic carbocycles. The predicted molar refractivity (Wildman–Crippen MR) is 53.3 cm³/mol. The SMILES string of the molecule is N[C@@]1(C(=O)O)C[C@H]1c1c(F)cccc1Cl. The first-order valence-corrected chi connectivity index (χ1v) is 4.81. The van der Waals surface area contributed by atoms with Gasteiger partial charge in [-0.2, -0.15) is 0 Å². The highest BCUT2D eigenvalue weighted by atomic mass is 35.5. The van der Waals surface area contributed by atoms with Crippen LogP contribution in [0.5, 0.6) is 0 Å². The number of halogens is 2. The molecule has 1 aromatic rings. The summed E-state index contributed by atoms with van der Waals surface area (Å²) in [6.45, 7) is 0. The van der Waals surface area contributed by atoms with Gasteiger partial charge in [-0.3, -0.25) is 4.79 Å². The lowest BCUT2D eigenvalue weighted by Gasteiger charge is -2.08. The van der Waals surface area contributed by atoms with Gasteiger partial charge in [0.15, 0.2) is 0 Å². The minimum atomic E-state index is -1.36. The van der Waals surface area contributed by atoms with Gasteiger partial charge >= 0.3 is 5.97 Å². The lowest BCUT2D eigenvalue weighted by molar-refractivity contribution is -0.139. The molecule has 80 valence electrons. The molecule has 2 rings (SSSR count). The maximum absolute atomic E-state index is 13.4. The number of hydrogen-bond acceptors (Lipinski definition) is 2. The van der Waals surface area contributed by atoms with Crippen LogP contribution in [0.4, 0.5) is 4.39 Å². The second-order valence-electron chi connectivity index (χ2n) is 3.74. The minimum absolute atomic E-state index is 0.212. The number of carbonyl (C=O) groups is 1. The van der Waals surface area contributed by atoms with E-state index in [-0.39, 0.29) is 17.0 Å². The Morgan fingerprint density at radius 1 is 1.67 bits per heavy atom. The van der Waals surface area contributed by atoms with Crippen LogP contribution in [0.25, 0.3) is 0 Å². The van der Waals surface area contributed by atoms with Crippen LogP contribution in [0.3, 0.4) is 0 Å². The van der Waals surface area contributed by atoms with Gasteiger partial charge in [0.05, 0.1) is 0 Å². The lowest BCUT2D eigenvalue weighted by Crippen LogP contribution is -2.34. The Hall–Kier alpha value is -1.13. The molecular formula is C10H9ClFNO2. The third kappa shape index (κ3) is 1.50. The van der Waals surface area contributed by atoms with Gasteiger partial charge in [0, 0.05) is 16.5 Å². The summed E-state index contributed by atoms with van der Waals surface area (Å²) in [6.07, 6.45) is 0.225. The van der Waals surface area contributed by atoms with Gasteiger partial charge in [-0.1, -0.05) is 17.7 Å². The maximum atomic E-state index is 13.4. The van der Waals surface area contributed by atoms with Gasteiger partial charge < -0.3 is 10.8 Å². The Labute approximate surface area is 90.6 Å². The molecule has 0 aromatic heterocycles. The molecule has 0 unspecified atom stereocenters. The molecule has 0 bridgehead atoms.